The molecule has 1 aliphatic rings. The average Bonchev–Trinajstić information content (AvgIpc) is 3.00. The van der Waals surface area contributed by atoms with Crippen LogP contribution >= 0.6 is 11.6 Å². The number of benzene rings is 1. The monoisotopic (exact) mass is 406 g/mol. The molecule has 0 bridgehead atoms. The largest absolute Gasteiger partial charge is 0.354 e. The van der Waals surface area contributed by atoms with Crippen molar-refractivity contribution in [1.29, 1.82) is 0 Å². The maximum atomic E-state index is 13.1. The standard InChI is InChI=1S/C20H24ClFN4O2/c1-13-17(18(21)26(25-13)16-9-7-15(22)8-10-16)20(28)24-12-11-23-19(27)14-5-3-2-4-6-14/h7-10,14H,2-6,11-12H2,1H3,(H,23,27)(H,24,28). The summed E-state index contributed by atoms with van der Waals surface area (Å²) in [5.41, 5.74) is 1.30. The minimum absolute atomic E-state index is 0.0623. The Morgan fingerprint density at radius 3 is 2.46 bits per heavy atom. The van der Waals surface area contributed by atoms with Gasteiger partial charge < -0.3 is 10.6 Å². The molecule has 0 atom stereocenters. The summed E-state index contributed by atoms with van der Waals surface area (Å²) in [5.74, 6) is -0.567. The Hall–Kier alpha value is -2.41. The van der Waals surface area contributed by atoms with Gasteiger partial charge in [-0.15, -0.1) is 0 Å². The average molecular weight is 407 g/mol. The van der Waals surface area contributed by atoms with E-state index in [1.807, 2.05) is 0 Å². The summed E-state index contributed by atoms with van der Waals surface area (Å²) in [6.07, 6.45) is 5.28. The predicted octanol–water partition coefficient (Wildman–Crippen LogP) is 3.40. The Kier molecular flexibility index (Phi) is 6.67. The molecule has 6 nitrogen and oxygen atoms in total. The number of carbonyl (C=O) groups is 2. The highest BCUT2D eigenvalue weighted by atomic mass is 35.5. The summed E-state index contributed by atoms with van der Waals surface area (Å²) in [7, 11) is 0. The number of aryl methyl sites for hydroxylation is 1. The van der Waals surface area contributed by atoms with Gasteiger partial charge in [0.05, 0.1) is 16.9 Å². The molecule has 0 unspecified atom stereocenters. The third-order valence-corrected chi connectivity index (χ3v) is 5.34. The fourth-order valence-corrected chi connectivity index (χ4v) is 3.83. The second kappa shape index (κ2) is 9.19. The van der Waals surface area contributed by atoms with E-state index in [1.165, 1.54) is 35.4 Å². The molecule has 2 aromatic rings. The van der Waals surface area contributed by atoms with E-state index in [4.69, 9.17) is 11.6 Å². The number of aromatic nitrogens is 2. The van der Waals surface area contributed by atoms with Crippen LogP contribution in [0.15, 0.2) is 24.3 Å². The highest BCUT2D eigenvalue weighted by molar-refractivity contribution is 6.33. The summed E-state index contributed by atoms with van der Waals surface area (Å²) < 4.78 is 14.5. The first kappa shape index (κ1) is 20.3. The number of amides is 2. The molecule has 1 aliphatic carbocycles. The lowest BCUT2D eigenvalue weighted by molar-refractivity contribution is -0.125. The maximum absolute atomic E-state index is 13.1. The summed E-state index contributed by atoms with van der Waals surface area (Å²) in [4.78, 5) is 24.6. The Labute approximate surface area is 168 Å². The fourth-order valence-electron chi connectivity index (χ4n) is 3.47. The van der Waals surface area contributed by atoms with Crippen molar-refractivity contribution in [2.24, 2.45) is 5.92 Å². The van der Waals surface area contributed by atoms with E-state index in [0.29, 0.717) is 24.5 Å². The van der Waals surface area contributed by atoms with Crippen LogP contribution in [-0.2, 0) is 4.79 Å². The van der Waals surface area contributed by atoms with Crippen LogP contribution in [0.1, 0.15) is 48.2 Å². The van der Waals surface area contributed by atoms with Gasteiger partial charge in [0.1, 0.15) is 11.0 Å². The lowest BCUT2D eigenvalue weighted by Gasteiger charge is -2.20. The molecule has 1 aromatic heterocycles. The number of hydrogen-bond acceptors (Lipinski definition) is 3. The predicted molar refractivity (Wildman–Crippen MR) is 105 cm³/mol. The van der Waals surface area contributed by atoms with Gasteiger partial charge in [-0.2, -0.15) is 5.10 Å². The Bertz CT molecular complexity index is 845. The van der Waals surface area contributed by atoms with Crippen molar-refractivity contribution >= 4 is 23.4 Å². The number of hydrogen-bond donors (Lipinski definition) is 2. The van der Waals surface area contributed by atoms with Gasteiger partial charge >= 0.3 is 0 Å². The maximum Gasteiger partial charge on any atom is 0.256 e. The third-order valence-electron chi connectivity index (χ3n) is 4.99. The van der Waals surface area contributed by atoms with Crippen LogP contribution < -0.4 is 10.6 Å². The molecular weight excluding hydrogens is 383 g/mol. The zero-order chi connectivity index (χ0) is 20.1. The zero-order valence-corrected chi connectivity index (χ0v) is 16.6. The molecule has 28 heavy (non-hydrogen) atoms. The van der Waals surface area contributed by atoms with Gasteiger partial charge in [-0.05, 0) is 44.0 Å². The number of halogens is 2. The summed E-state index contributed by atoms with van der Waals surface area (Å²) >= 11 is 6.34. The fraction of sp³-hybridized carbons (Fsp3) is 0.450. The summed E-state index contributed by atoms with van der Waals surface area (Å²) in [6, 6.07) is 5.68. The van der Waals surface area contributed by atoms with Gasteiger partial charge in [0.15, 0.2) is 0 Å². The van der Waals surface area contributed by atoms with Gasteiger partial charge in [-0.3, -0.25) is 9.59 Å². The van der Waals surface area contributed by atoms with E-state index < -0.39 is 0 Å². The van der Waals surface area contributed by atoms with Crippen molar-refractivity contribution in [2.45, 2.75) is 39.0 Å². The van der Waals surface area contributed by atoms with Crippen LogP contribution in [0.3, 0.4) is 0 Å². The molecule has 0 aliphatic heterocycles. The SMILES string of the molecule is Cc1nn(-c2ccc(F)cc2)c(Cl)c1C(=O)NCCNC(=O)C1CCCCC1. The van der Waals surface area contributed by atoms with Gasteiger partial charge in [0.2, 0.25) is 5.91 Å². The van der Waals surface area contributed by atoms with Crippen molar-refractivity contribution in [2.75, 3.05) is 13.1 Å². The Balaban J connectivity index is 1.55. The quantitative estimate of drug-likeness (QED) is 0.722. The topological polar surface area (TPSA) is 76.0 Å². The Morgan fingerprint density at radius 1 is 1.14 bits per heavy atom. The lowest BCUT2D eigenvalue weighted by Crippen LogP contribution is -2.38. The van der Waals surface area contributed by atoms with Gasteiger partial charge in [-0.1, -0.05) is 30.9 Å². The normalized spacial score (nSPS) is 14.7. The van der Waals surface area contributed by atoms with Crippen molar-refractivity contribution in [1.82, 2.24) is 20.4 Å². The first-order chi connectivity index (χ1) is 13.5. The number of carbonyl (C=O) groups excluding carboxylic acids is 2. The van der Waals surface area contributed by atoms with Crippen LogP contribution in [0.25, 0.3) is 5.69 Å². The van der Waals surface area contributed by atoms with Gasteiger partial charge in [0, 0.05) is 19.0 Å². The molecule has 0 spiro atoms. The van der Waals surface area contributed by atoms with Crippen molar-refractivity contribution < 1.29 is 14.0 Å². The number of nitrogens with one attached hydrogen (secondary N) is 2. The zero-order valence-electron chi connectivity index (χ0n) is 15.8. The van der Waals surface area contributed by atoms with Crippen molar-refractivity contribution in [3.8, 4) is 5.69 Å². The van der Waals surface area contributed by atoms with Crippen LogP contribution in [0.2, 0.25) is 5.15 Å². The summed E-state index contributed by atoms with van der Waals surface area (Å²) in [6.45, 7) is 2.35. The van der Waals surface area contributed by atoms with E-state index in [-0.39, 0.29) is 34.3 Å². The smallest absolute Gasteiger partial charge is 0.256 e. The molecule has 8 heteroatoms. The molecule has 1 heterocycles. The number of nitrogens with zero attached hydrogens (tertiary/aromatic N) is 2. The van der Waals surface area contributed by atoms with Crippen LogP contribution in [0, 0.1) is 18.7 Å². The molecular formula is C20H24ClFN4O2. The molecule has 0 saturated heterocycles. The van der Waals surface area contributed by atoms with Crippen LogP contribution in [0.5, 0.6) is 0 Å². The molecule has 3 rings (SSSR count). The molecule has 2 amide bonds. The number of rotatable bonds is 6. The minimum atomic E-state index is -0.364. The molecule has 1 aromatic carbocycles. The first-order valence-electron chi connectivity index (χ1n) is 9.54. The molecule has 2 N–H and O–H groups in total. The van der Waals surface area contributed by atoms with Gasteiger partial charge in [0.25, 0.3) is 5.91 Å². The van der Waals surface area contributed by atoms with Crippen LogP contribution in [0.4, 0.5) is 4.39 Å². The highest BCUT2D eigenvalue weighted by Gasteiger charge is 2.22. The second-order valence-electron chi connectivity index (χ2n) is 7.02. The van der Waals surface area contributed by atoms with Crippen LogP contribution in [-0.4, -0.2) is 34.7 Å². The van der Waals surface area contributed by atoms with E-state index >= 15 is 0 Å². The third kappa shape index (κ3) is 4.70. The molecule has 1 saturated carbocycles. The first-order valence-corrected chi connectivity index (χ1v) is 9.92. The minimum Gasteiger partial charge on any atom is -0.354 e. The van der Waals surface area contributed by atoms with E-state index in [9.17, 15) is 14.0 Å². The molecule has 150 valence electrons. The molecule has 0 radical (unpaired) electrons. The van der Waals surface area contributed by atoms with Crippen molar-refractivity contribution in [3.05, 3.63) is 46.5 Å². The highest BCUT2D eigenvalue weighted by Crippen LogP contribution is 2.24. The Morgan fingerprint density at radius 2 is 1.79 bits per heavy atom. The lowest BCUT2D eigenvalue weighted by atomic mass is 9.89. The van der Waals surface area contributed by atoms with E-state index in [0.717, 1.165) is 25.7 Å². The van der Waals surface area contributed by atoms with Gasteiger partial charge in [-0.25, -0.2) is 9.07 Å². The second-order valence-corrected chi connectivity index (χ2v) is 7.38. The van der Waals surface area contributed by atoms with Crippen molar-refractivity contribution in [3.63, 3.8) is 0 Å². The van der Waals surface area contributed by atoms with E-state index in [1.54, 1.807) is 6.92 Å². The summed E-state index contributed by atoms with van der Waals surface area (Å²) in [5, 5.41) is 10.1. The molecule has 1 fully saturated rings. The van der Waals surface area contributed by atoms with E-state index in [2.05, 4.69) is 15.7 Å².